The second-order valence-corrected chi connectivity index (χ2v) is 5.77. The first-order valence-electron chi connectivity index (χ1n) is 8.32. The number of pyridine rings is 1. The molecular formula is C21H15N5O. The van der Waals surface area contributed by atoms with Crippen LogP contribution in [-0.2, 0) is 0 Å². The smallest absolute Gasteiger partial charge is 0.187 e. The van der Waals surface area contributed by atoms with Gasteiger partial charge >= 0.3 is 0 Å². The molecule has 0 fully saturated rings. The van der Waals surface area contributed by atoms with Crippen LogP contribution in [-0.4, -0.2) is 16.5 Å². The standard InChI is InChI=1S/C21H15N5O/c1-27-17-9-6-8-15(13-17)20-21(26-12-5-4-11-19(26)23-20)25-24-18-10-3-2-7-16(18)14-22/h2-13H,1H3. The second-order valence-electron chi connectivity index (χ2n) is 5.77. The minimum Gasteiger partial charge on any atom is -0.497 e. The number of rotatable bonds is 4. The summed E-state index contributed by atoms with van der Waals surface area (Å²) in [5.41, 5.74) is 3.32. The van der Waals surface area contributed by atoms with Crippen molar-refractivity contribution in [3.05, 3.63) is 78.5 Å². The summed E-state index contributed by atoms with van der Waals surface area (Å²) in [5, 5.41) is 18.0. The summed E-state index contributed by atoms with van der Waals surface area (Å²) in [7, 11) is 1.63. The molecule has 6 nitrogen and oxygen atoms in total. The second kappa shape index (κ2) is 7.10. The Balaban J connectivity index is 1.88. The fourth-order valence-electron chi connectivity index (χ4n) is 2.80. The third kappa shape index (κ3) is 3.14. The van der Waals surface area contributed by atoms with Crippen LogP contribution in [0.15, 0.2) is 83.2 Å². The highest BCUT2D eigenvalue weighted by Crippen LogP contribution is 2.34. The maximum Gasteiger partial charge on any atom is 0.187 e. The zero-order valence-electron chi connectivity index (χ0n) is 14.6. The van der Waals surface area contributed by atoms with E-state index in [1.54, 1.807) is 25.3 Å². The predicted molar refractivity (Wildman–Crippen MR) is 103 cm³/mol. The fraction of sp³-hybridized carbons (Fsp3) is 0.0476. The molecule has 2 aromatic heterocycles. The minimum absolute atomic E-state index is 0.470. The first kappa shape index (κ1) is 16.5. The van der Waals surface area contributed by atoms with Crippen LogP contribution in [0, 0.1) is 11.3 Å². The molecule has 0 radical (unpaired) electrons. The van der Waals surface area contributed by atoms with Crippen molar-refractivity contribution in [1.82, 2.24) is 9.38 Å². The molecule has 0 amide bonds. The van der Waals surface area contributed by atoms with E-state index in [-0.39, 0.29) is 0 Å². The lowest BCUT2D eigenvalue weighted by molar-refractivity contribution is 0.415. The number of fused-ring (bicyclic) bond motifs is 1. The van der Waals surface area contributed by atoms with E-state index in [0.29, 0.717) is 22.8 Å². The SMILES string of the molecule is COc1cccc(-c2nc3ccccn3c2N=Nc2ccccc2C#N)c1. The van der Waals surface area contributed by atoms with Gasteiger partial charge in [0.05, 0.1) is 12.7 Å². The fourth-order valence-corrected chi connectivity index (χ4v) is 2.80. The van der Waals surface area contributed by atoms with Gasteiger partial charge in [-0.25, -0.2) is 4.98 Å². The van der Waals surface area contributed by atoms with Crippen molar-refractivity contribution < 1.29 is 4.74 Å². The number of imidazole rings is 1. The number of ether oxygens (including phenoxy) is 1. The van der Waals surface area contributed by atoms with Crippen LogP contribution < -0.4 is 4.74 Å². The largest absolute Gasteiger partial charge is 0.497 e. The van der Waals surface area contributed by atoms with Gasteiger partial charge in [-0.05, 0) is 36.4 Å². The number of methoxy groups -OCH3 is 1. The van der Waals surface area contributed by atoms with E-state index in [4.69, 9.17) is 9.72 Å². The Morgan fingerprint density at radius 2 is 1.85 bits per heavy atom. The van der Waals surface area contributed by atoms with Gasteiger partial charge in [-0.1, -0.05) is 30.3 Å². The molecule has 4 aromatic rings. The molecular weight excluding hydrogens is 338 g/mol. The number of nitriles is 1. The van der Waals surface area contributed by atoms with E-state index in [1.807, 2.05) is 59.1 Å². The molecule has 0 atom stereocenters. The maximum atomic E-state index is 9.25. The van der Waals surface area contributed by atoms with E-state index in [0.717, 1.165) is 17.0 Å². The lowest BCUT2D eigenvalue weighted by atomic mass is 10.1. The highest BCUT2D eigenvalue weighted by Gasteiger charge is 2.14. The number of aromatic nitrogens is 2. The van der Waals surface area contributed by atoms with Gasteiger partial charge in [-0.15, -0.1) is 10.2 Å². The molecule has 0 saturated heterocycles. The third-order valence-electron chi connectivity index (χ3n) is 4.12. The molecule has 2 heterocycles. The molecule has 130 valence electrons. The molecule has 2 aromatic carbocycles. The van der Waals surface area contributed by atoms with E-state index in [1.165, 1.54) is 0 Å². The van der Waals surface area contributed by atoms with Crippen molar-refractivity contribution in [2.75, 3.05) is 7.11 Å². The quantitative estimate of drug-likeness (QED) is 0.467. The molecule has 0 aliphatic rings. The lowest BCUT2D eigenvalue weighted by Gasteiger charge is -2.03. The van der Waals surface area contributed by atoms with Gasteiger partial charge in [0.25, 0.3) is 0 Å². The van der Waals surface area contributed by atoms with Crippen LogP contribution in [0.1, 0.15) is 5.56 Å². The normalized spacial score (nSPS) is 11.0. The van der Waals surface area contributed by atoms with Crippen molar-refractivity contribution in [2.24, 2.45) is 10.2 Å². The summed E-state index contributed by atoms with van der Waals surface area (Å²) in [6, 6.07) is 22.6. The van der Waals surface area contributed by atoms with Crippen molar-refractivity contribution in [2.45, 2.75) is 0 Å². The van der Waals surface area contributed by atoms with E-state index >= 15 is 0 Å². The Hall–Kier alpha value is -3.98. The zero-order valence-corrected chi connectivity index (χ0v) is 14.6. The summed E-state index contributed by atoms with van der Waals surface area (Å²) in [6.45, 7) is 0. The predicted octanol–water partition coefficient (Wildman–Crippen LogP) is 5.30. The van der Waals surface area contributed by atoms with E-state index in [9.17, 15) is 5.26 Å². The Morgan fingerprint density at radius 1 is 1.00 bits per heavy atom. The van der Waals surface area contributed by atoms with Crippen molar-refractivity contribution in [3.8, 4) is 23.1 Å². The Labute approximate surface area is 156 Å². The van der Waals surface area contributed by atoms with Gasteiger partial charge in [0.1, 0.15) is 28.8 Å². The summed E-state index contributed by atoms with van der Waals surface area (Å²) in [6.07, 6.45) is 1.89. The molecule has 0 bridgehead atoms. The number of hydrogen-bond acceptors (Lipinski definition) is 5. The van der Waals surface area contributed by atoms with Crippen molar-refractivity contribution >= 4 is 17.2 Å². The molecule has 0 spiro atoms. The van der Waals surface area contributed by atoms with Crippen LogP contribution >= 0.6 is 0 Å². The van der Waals surface area contributed by atoms with Gasteiger partial charge in [0.15, 0.2) is 5.82 Å². The van der Waals surface area contributed by atoms with Gasteiger partial charge in [0, 0.05) is 11.8 Å². The zero-order chi connectivity index (χ0) is 18.6. The van der Waals surface area contributed by atoms with Crippen LogP contribution in [0.4, 0.5) is 11.5 Å². The average Bonchev–Trinajstić information content (AvgIpc) is 3.11. The molecule has 0 N–H and O–H groups in total. The summed E-state index contributed by atoms with van der Waals surface area (Å²) in [4.78, 5) is 4.70. The summed E-state index contributed by atoms with van der Waals surface area (Å²) in [5.74, 6) is 1.33. The van der Waals surface area contributed by atoms with Gasteiger partial charge in [-0.3, -0.25) is 4.40 Å². The molecule has 0 saturated carbocycles. The Kier molecular flexibility index (Phi) is 4.33. The van der Waals surface area contributed by atoms with Crippen LogP contribution in [0.25, 0.3) is 16.9 Å². The highest BCUT2D eigenvalue weighted by molar-refractivity contribution is 5.75. The molecule has 0 unspecified atom stereocenters. The Bertz CT molecular complexity index is 1190. The molecule has 4 rings (SSSR count). The molecule has 27 heavy (non-hydrogen) atoms. The molecule has 6 heteroatoms. The van der Waals surface area contributed by atoms with Crippen LogP contribution in [0.3, 0.4) is 0 Å². The van der Waals surface area contributed by atoms with Gasteiger partial charge < -0.3 is 4.74 Å². The number of nitrogens with zero attached hydrogens (tertiary/aromatic N) is 5. The minimum atomic E-state index is 0.470. The average molecular weight is 353 g/mol. The van der Waals surface area contributed by atoms with Crippen LogP contribution in [0.2, 0.25) is 0 Å². The number of hydrogen-bond donors (Lipinski definition) is 0. The number of azo groups is 1. The topological polar surface area (TPSA) is 75.0 Å². The highest BCUT2D eigenvalue weighted by atomic mass is 16.5. The van der Waals surface area contributed by atoms with E-state index in [2.05, 4.69) is 16.3 Å². The Morgan fingerprint density at radius 3 is 2.70 bits per heavy atom. The lowest BCUT2D eigenvalue weighted by Crippen LogP contribution is -1.84. The van der Waals surface area contributed by atoms with E-state index < -0.39 is 0 Å². The summed E-state index contributed by atoms with van der Waals surface area (Å²) < 4.78 is 7.19. The monoisotopic (exact) mass is 353 g/mol. The first-order valence-corrected chi connectivity index (χ1v) is 8.32. The van der Waals surface area contributed by atoms with Crippen LogP contribution in [0.5, 0.6) is 5.75 Å². The van der Waals surface area contributed by atoms with Gasteiger partial charge in [0.2, 0.25) is 0 Å². The number of benzene rings is 2. The molecule has 0 aliphatic heterocycles. The third-order valence-corrected chi connectivity index (χ3v) is 4.12. The maximum absolute atomic E-state index is 9.25. The van der Waals surface area contributed by atoms with Crippen molar-refractivity contribution in [1.29, 1.82) is 5.26 Å². The van der Waals surface area contributed by atoms with Crippen molar-refractivity contribution in [3.63, 3.8) is 0 Å². The summed E-state index contributed by atoms with van der Waals surface area (Å²) >= 11 is 0. The molecule has 0 aliphatic carbocycles. The first-order chi connectivity index (χ1) is 13.3. The van der Waals surface area contributed by atoms with Gasteiger partial charge in [-0.2, -0.15) is 5.26 Å².